The maximum absolute atomic E-state index is 4.22. The molecule has 0 bridgehead atoms. The molecule has 1 radical (unpaired) electrons. The second kappa shape index (κ2) is 4.62. The van der Waals surface area contributed by atoms with E-state index in [1.54, 1.807) is 11.0 Å². The van der Waals surface area contributed by atoms with Gasteiger partial charge in [-0.2, -0.15) is 5.10 Å². The third-order valence-corrected chi connectivity index (χ3v) is 1.79. The average Bonchev–Trinajstić information content (AvgIpc) is 2.56. The SMILES string of the molecule is Sc1cccc(-n2cncn2)c1.[Ag]. The summed E-state index contributed by atoms with van der Waals surface area (Å²) >= 11 is 4.22. The van der Waals surface area contributed by atoms with E-state index in [0.29, 0.717) is 0 Å². The first-order valence-electron chi connectivity index (χ1n) is 3.50. The Kier molecular flexibility index (Phi) is 3.74. The molecular formula is C8H7AgN3S. The number of aromatic nitrogens is 3. The first kappa shape index (κ1) is 10.5. The summed E-state index contributed by atoms with van der Waals surface area (Å²) in [5.41, 5.74) is 0.972. The van der Waals surface area contributed by atoms with E-state index in [0.717, 1.165) is 10.6 Å². The molecule has 0 aliphatic carbocycles. The van der Waals surface area contributed by atoms with Crippen molar-refractivity contribution >= 4 is 12.6 Å². The third kappa shape index (κ3) is 2.45. The predicted octanol–water partition coefficient (Wildman–Crippen LogP) is 1.55. The van der Waals surface area contributed by atoms with Crippen molar-refractivity contribution in [2.75, 3.05) is 0 Å². The molecular weight excluding hydrogens is 278 g/mol. The Morgan fingerprint density at radius 2 is 2.15 bits per heavy atom. The summed E-state index contributed by atoms with van der Waals surface area (Å²) < 4.78 is 1.69. The van der Waals surface area contributed by atoms with Crippen LogP contribution >= 0.6 is 12.6 Å². The number of hydrogen-bond donors (Lipinski definition) is 1. The van der Waals surface area contributed by atoms with Crippen molar-refractivity contribution in [2.24, 2.45) is 0 Å². The van der Waals surface area contributed by atoms with Gasteiger partial charge in [0.25, 0.3) is 0 Å². The van der Waals surface area contributed by atoms with Gasteiger partial charge in [0.2, 0.25) is 0 Å². The molecule has 0 unspecified atom stereocenters. The molecule has 0 saturated carbocycles. The summed E-state index contributed by atoms with van der Waals surface area (Å²) in [5.74, 6) is 0. The van der Waals surface area contributed by atoms with Crippen LogP contribution in [-0.4, -0.2) is 14.8 Å². The molecule has 1 aromatic carbocycles. The smallest absolute Gasteiger partial charge is 0.138 e. The number of hydrogen-bond acceptors (Lipinski definition) is 3. The average molecular weight is 285 g/mol. The van der Waals surface area contributed by atoms with Crippen LogP contribution in [0.15, 0.2) is 41.8 Å². The van der Waals surface area contributed by atoms with Crippen molar-refractivity contribution in [3.8, 4) is 5.69 Å². The van der Waals surface area contributed by atoms with Gasteiger partial charge in [-0.05, 0) is 18.2 Å². The maximum Gasteiger partial charge on any atom is 0.138 e. The standard InChI is InChI=1S/C8H7N3S.Ag/c12-8-3-1-2-7(4-8)11-6-9-5-10-11;/h1-6,12H;. The van der Waals surface area contributed by atoms with Crippen LogP contribution in [0.1, 0.15) is 0 Å². The largest absolute Gasteiger partial charge is 0.223 e. The van der Waals surface area contributed by atoms with Crippen molar-refractivity contribution in [1.82, 2.24) is 14.8 Å². The maximum atomic E-state index is 4.22. The van der Waals surface area contributed by atoms with Crippen LogP contribution < -0.4 is 0 Å². The zero-order chi connectivity index (χ0) is 8.39. The fraction of sp³-hybridized carbons (Fsp3) is 0. The minimum Gasteiger partial charge on any atom is -0.223 e. The number of rotatable bonds is 1. The second-order valence-electron chi connectivity index (χ2n) is 2.36. The molecule has 1 heterocycles. The molecule has 0 aliphatic heterocycles. The van der Waals surface area contributed by atoms with E-state index in [9.17, 15) is 0 Å². The van der Waals surface area contributed by atoms with Crippen molar-refractivity contribution < 1.29 is 22.4 Å². The van der Waals surface area contributed by atoms with Crippen molar-refractivity contribution in [2.45, 2.75) is 4.90 Å². The van der Waals surface area contributed by atoms with E-state index in [1.807, 2.05) is 24.3 Å². The number of nitrogens with zero attached hydrogens (tertiary/aromatic N) is 3. The van der Waals surface area contributed by atoms with Crippen molar-refractivity contribution in [3.63, 3.8) is 0 Å². The van der Waals surface area contributed by atoms with E-state index >= 15 is 0 Å². The first-order chi connectivity index (χ1) is 5.86. The second-order valence-corrected chi connectivity index (χ2v) is 2.88. The molecule has 0 N–H and O–H groups in total. The molecule has 2 aromatic rings. The molecule has 71 valence electrons. The van der Waals surface area contributed by atoms with Crippen LogP contribution in [0.4, 0.5) is 0 Å². The summed E-state index contributed by atoms with van der Waals surface area (Å²) in [7, 11) is 0. The summed E-state index contributed by atoms with van der Waals surface area (Å²) in [6.45, 7) is 0. The van der Waals surface area contributed by atoms with E-state index in [2.05, 4.69) is 22.7 Å². The van der Waals surface area contributed by atoms with Gasteiger partial charge in [0.1, 0.15) is 12.7 Å². The van der Waals surface area contributed by atoms with E-state index in [4.69, 9.17) is 0 Å². The van der Waals surface area contributed by atoms with Gasteiger partial charge in [-0.25, -0.2) is 9.67 Å². The minimum absolute atomic E-state index is 0. The van der Waals surface area contributed by atoms with E-state index in [-0.39, 0.29) is 22.4 Å². The molecule has 0 aliphatic rings. The van der Waals surface area contributed by atoms with Gasteiger partial charge in [-0.3, -0.25) is 0 Å². The van der Waals surface area contributed by atoms with Gasteiger partial charge in [-0.1, -0.05) is 6.07 Å². The van der Waals surface area contributed by atoms with Crippen LogP contribution in [0.3, 0.4) is 0 Å². The number of benzene rings is 1. The van der Waals surface area contributed by atoms with E-state index < -0.39 is 0 Å². The Morgan fingerprint density at radius 1 is 1.31 bits per heavy atom. The van der Waals surface area contributed by atoms with Gasteiger partial charge < -0.3 is 0 Å². The minimum atomic E-state index is 0. The zero-order valence-electron chi connectivity index (χ0n) is 6.55. The normalized spacial score (nSPS) is 9.31. The summed E-state index contributed by atoms with van der Waals surface area (Å²) in [6.07, 6.45) is 3.16. The van der Waals surface area contributed by atoms with Gasteiger partial charge in [0.05, 0.1) is 5.69 Å². The summed E-state index contributed by atoms with van der Waals surface area (Å²) in [5, 5.41) is 4.00. The van der Waals surface area contributed by atoms with Crippen molar-refractivity contribution in [1.29, 1.82) is 0 Å². The fourth-order valence-corrected chi connectivity index (χ4v) is 1.20. The molecule has 0 fully saturated rings. The Hall–Kier alpha value is -0.550. The first-order valence-corrected chi connectivity index (χ1v) is 3.95. The number of thiol groups is 1. The summed E-state index contributed by atoms with van der Waals surface area (Å²) in [6, 6.07) is 7.73. The van der Waals surface area contributed by atoms with Crippen LogP contribution in [0, 0.1) is 0 Å². The quantitative estimate of drug-likeness (QED) is 0.636. The topological polar surface area (TPSA) is 30.7 Å². The Morgan fingerprint density at radius 3 is 2.77 bits per heavy atom. The monoisotopic (exact) mass is 284 g/mol. The van der Waals surface area contributed by atoms with Gasteiger partial charge in [-0.15, -0.1) is 12.6 Å². The summed E-state index contributed by atoms with van der Waals surface area (Å²) in [4.78, 5) is 4.77. The molecule has 2 rings (SSSR count). The van der Waals surface area contributed by atoms with Gasteiger partial charge >= 0.3 is 0 Å². The van der Waals surface area contributed by atoms with Crippen molar-refractivity contribution in [3.05, 3.63) is 36.9 Å². The third-order valence-electron chi connectivity index (χ3n) is 1.51. The predicted molar refractivity (Wildman–Crippen MR) is 48.6 cm³/mol. The molecule has 5 heteroatoms. The Bertz CT molecular complexity index is 375. The molecule has 3 nitrogen and oxygen atoms in total. The Balaban J connectivity index is 0.000000845. The van der Waals surface area contributed by atoms with Gasteiger partial charge in [0, 0.05) is 27.3 Å². The zero-order valence-corrected chi connectivity index (χ0v) is 8.93. The molecule has 0 amide bonds. The molecule has 0 saturated heterocycles. The molecule has 1 aromatic heterocycles. The fourth-order valence-electron chi connectivity index (χ4n) is 0.977. The van der Waals surface area contributed by atoms with E-state index in [1.165, 1.54) is 6.33 Å². The van der Waals surface area contributed by atoms with Crippen LogP contribution in [0.2, 0.25) is 0 Å². The van der Waals surface area contributed by atoms with Crippen LogP contribution in [0.25, 0.3) is 5.69 Å². The molecule has 0 spiro atoms. The van der Waals surface area contributed by atoms with Crippen LogP contribution in [-0.2, 0) is 22.4 Å². The molecule has 0 atom stereocenters. The Labute approximate surface area is 97.1 Å². The van der Waals surface area contributed by atoms with Crippen LogP contribution in [0.5, 0.6) is 0 Å². The molecule has 13 heavy (non-hydrogen) atoms. The van der Waals surface area contributed by atoms with Gasteiger partial charge in [0.15, 0.2) is 0 Å².